The first-order chi connectivity index (χ1) is 8.49. The van der Waals surface area contributed by atoms with Crippen molar-refractivity contribution in [3.8, 4) is 6.07 Å². The van der Waals surface area contributed by atoms with Crippen molar-refractivity contribution in [3.05, 3.63) is 12.3 Å². The summed E-state index contributed by atoms with van der Waals surface area (Å²) in [5, 5.41) is 13.2. The molecule has 0 amide bonds. The Morgan fingerprint density at radius 1 is 1.44 bits per heavy atom. The molecule has 1 N–H and O–H groups in total. The van der Waals surface area contributed by atoms with Crippen molar-refractivity contribution < 1.29 is 8.42 Å². The average Bonchev–Trinajstić information content (AvgIpc) is 2.77. The van der Waals surface area contributed by atoms with E-state index >= 15 is 0 Å². The van der Waals surface area contributed by atoms with Crippen LogP contribution in [-0.2, 0) is 17.1 Å². The van der Waals surface area contributed by atoms with Gasteiger partial charge in [0.15, 0.2) is 5.03 Å². The molecular formula is C11H16N4O2S. The number of rotatable bonds is 3. The highest BCUT2D eigenvalue weighted by atomic mass is 32.2. The van der Waals surface area contributed by atoms with E-state index in [1.807, 2.05) is 0 Å². The first-order valence-corrected chi connectivity index (χ1v) is 7.41. The SMILES string of the molecule is Cn1nccc1S(=O)(=O)NC1(C#N)CCCCC1. The van der Waals surface area contributed by atoms with Gasteiger partial charge in [0.05, 0.1) is 12.3 Å². The fraction of sp³-hybridized carbons (Fsp3) is 0.636. The molecule has 1 saturated carbocycles. The van der Waals surface area contributed by atoms with Gasteiger partial charge in [0, 0.05) is 7.05 Å². The summed E-state index contributed by atoms with van der Waals surface area (Å²) in [5.41, 5.74) is -0.957. The summed E-state index contributed by atoms with van der Waals surface area (Å²) < 4.78 is 28.3. The summed E-state index contributed by atoms with van der Waals surface area (Å²) in [6, 6.07) is 3.56. The lowest BCUT2D eigenvalue weighted by Gasteiger charge is -2.30. The van der Waals surface area contributed by atoms with Gasteiger partial charge >= 0.3 is 0 Å². The summed E-state index contributed by atoms with van der Waals surface area (Å²) in [7, 11) is -2.13. The topological polar surface area (TPSA) is 87.8 Å². The van der Waals surface area contributed by atoms with Crippen LogP contribution >= 0.6 is 0 Å². The predicted molar refractivity (Wildman–Crippen MR) is 65.0 cm³/mol. The quantitative estimate of drug-likeness (QED) is 0.883. The second kappa shape index (κ2) is 4.71. The van der Waals surface area contributed by atoms with E-state index in [9.17, 15) is 13.7 Å². The zero-order valence-electron chi connectivity index (χ0n) is 10.3. The molecule has 0 radical (unpaired) electrons. The van der Waals surface area contributed by atoms with Crippen molar-refractivity contribution in [1.29, 1.82) is 5.26 Å². The standard InChI is InChI=1S/C11H16N4O2S/c1-15-10(5-8-13-15)18(16,17)14-11(9-12)6-3-2-4-7-11/h5,8,14H,2-4,6-7H2,1H3. The monoisotopic (exact) mass is 268 g/mol. The zero-order chi connectivity index (χ0) is 13.2. The normalized spacial score (nSPS) is 19.3. The fourth-order valence-electron chi connectivity index (χ4n) is 2.33. The summed E-state index contributed by atoms with van der Waals surface area (Å²) in [4.78, 5) is 0. The lowest BCUT2D eigenvalue weighted by atomic mass is 9.84. The number of aromatic nitrogens is 2. The van der Waals surface area contributed by atoms with Crippen LogP contribution in [0.2, 0.25) is 0 Å². The molecule has 1 aromatic heterocycles. The highest BCUT2D eigenvalue weighted by Crippen LogP contribution is 2.29. The summed E-state index contributed by atoms with van der Waals surface area (Å²) in [6.45, 7) is 0. The van der Waals surface area contributed by atoms with Crippen molar-refractivity contribution in [3.63, 3.8) is 0 Å². The third kappa shape index (κ3) is 2.40. The molecule has 6 nitrogen and oxygen atoms in total. The van der Waals surface area contributed by atoms with Gasteiger partial charge in [-0.05, 0) is 18.9 Å². The smallest absolute Gasteiger partial charge is 0.256 e. The molecule has 1 aromatic rings. The summed E-state index contributed by atoms with van der Waals surface area (Å²) in [5.74, 6) is 0. The van der Waals surface area contributed by atoms with Gasteiger partial charge in [-0.2, -0.15) is 15.1 Å². The van der Waals surface area contributed by atoms with E-state index in [1.165, 1.54) is 16.9 Å². The number of nitrogens with zero attached hydrogens (tertiary/aromatic N) is 3. The molecule has 98 valence electrons. The Balaban J connectivity index is 2.28. The van der Waals surface area contributed by atoms with E-state index < -0.39 is 15.6 Å². The van der Waals surface area contributed by atoms with Crippen LogP contribution in [0.1, 0.15) is 32.1 Å². The van der Waals surface area contributed by atoms with Gasteiger partial charge in [0.25, 0.3) is 10.0 Å². The van der Waals surface area contributed by atoms with E-state index in [0.29, 0.717) is 12.8 Å². The van der Waals surface area contributed by atoms with Crippen LogP contribution in [0.5, 0.6) is 0 Å². The molecule has 1 aliphatic rings. The highest BCUT2D eigenvalue weighted by molar-refractivity contribution is 7.89. The van der Waals surface area contributed by atoms with Gasteiger partial charge in [0.1, 0.15) is 5.54 Å². The number of hydrogen-bond donors (Lipinski definition) is 1. The Morgan fingerprint density at radius 3 is 2.61 bits per heavy atom. The predicted octanol–water partition coefficient (Wildman–Crippen LogP) is 0.925. The van der Waals surface area contributed by atoms with Crippen LogP contribution < -0.4 is 4.72 Å². The van der Waals surface area contributed by atoms with E-state index in [1.54, 1.807) is 7.05 Å². The molecule has 0 unspecified atom stereocenters. The Morgan fingerprint density at radius 2 is 2.11 bits per heavy atom. The molecule has 0 aliphatic heterocycles. The maximum Gasteiger partial charge on any atom is 0.259 e. The van der Waals surface area contributed by atoms with Gasteiger partial charge in [-0.25, -0.2) is 8.42 Å². The molecule has 0 spiro atoms. The minimum Gasteiger partial charge on any atom is -0.256 e. The largest absolute Gasteiger partial charge is 0.259 e. The van der Waals surface area contributed by atoms with Gasteiger partial charge in [-0.15, -0.1) is 0 Å². The second-order valence-electron chi connectivity index (χ2n) is 4.65. The Bertz CT molecular complexity index is 564. The number of nitrogens with one attached hydrogen (secondary N) is 1. The van der Waals surface area contributed by atoms with Crippen LogP contribution in [0.15, 0.2) is 17.3 Å². The molecule has 0 atom stereocenters. The molecule has 1 fully saturated rings. The van der Waals surface area contributed by atoms with Crippen LogP contribution in [0.25, 0.3) is 0 Å². The Hall–Kier alpha value is -1.39. The zero-order valence-corrected chi connectivity index (χ0v) is 11.1. The Labute approximate surface area is 107 Å². The van der Waals surface area contributed by atoms with Crippen molar-refractivity contribution in [1.82, 2.24) is 14.5 Å². The van der Waals surface area contributed by atoms with Crippen LogP contribution in [0, 0.1) is 11.3 Å². The third-order valence-electron chi connectivity index (χ3n) is 3.30. The molecular weight excluding hydrogens is 252 g/mol. The van der Waals surface area contributed by atoms with E-state index in [2.05, 4.69) is 15.9 Å². The Kier molecular flexibility index (Phi) is 3.41. The molecule has 1 aliphatic carbocycles. The first-order valence-electron chi connectivity index (χ1n) is 5.92. The molecule has 1 heterocycles. The van der Waals surface area contributed by atoms with Gasteiger partial charge in [0.2, 0.25) is 0 Å². The van der Waals surface area contributed by atoms with E-state index in [4.69, 9.17) is 0 Å². The van der Waals surface area contributed by atoms with Gasteiger partial charge in [-0.1, -0.05) is 19.3 Å². The van der Waals surface area contributed by atoms with Gasteiger partial charge in [-0.3, -0.25) is 4.68 Å². The second-order valence-corrected chi connectivity index (χ2v) is 6.28. The first kappa shape index (κ1) is 13.1. The fourth-order valence-corrected chi connectivity index (χ4v) is 3.83. The number of nitriles is 1. The molecule has 7 heteroatoms. The molecule has 0 saturated heterocycles. The van der Waals surface area contributed by atoms with E-state index in [0.717, 1.165) is 19.3 Å². The summed E-state index contributed by atoms with van der Waals surface area (Å²) in [6.07, 6.45) is 5.37. The molecule has 18 heavy (non-hydrogen) atoms. The van der Waals surface area contributed by atoms with Gasteiger partial charge < -0.3 is 0 Å². The number of hydrogen-bond acceptors (Lipinski definition) is 4. The maximum absolute atomic E-state index is 12.2. The number of aryl methyl sites for hydroxylation is 1. The van der Waals surface area contributed by atoms with Crippen molar-refractivity contribution in [2.24, 2.45) is 7.05 Å². The molecule has 0 bridgehead atoms. The van der Waals surface area contributed by atoms with E-state index in [-0.39, 0.29) is 5.03 Å². The van der Waals surface area contributed by atoms with Crippen LogP contribution in [-0.4, -0.2) is 23.7 Å². The van der Waals surface area contributed by atoms with Crippen molar-refractivity contribution >= 4 is 10.0 Å². The van der Waals surface area contributed by atoms with Crippen molar-refractivity contribution in [2.75, 3.05) is 0 Å². The average molecular weight is 268 g/mol. The van der Waals surface area contributed by atoms with Crippen LogP contribution in [0.3, 0.4) is 0 Å². The molecule has 2 rings (SSSR count). The lowest BCUT2D eigenvalue weighted by Crippen LogP contribution is -2.48. The van der Waals surface area contributed by atoms with Crippen LogP contribution in [0.4, 0.5) is 0 Å². The minimum absolute atomic E-state index is 0.0858. The highest BCUT2D eigenvalue weighted by Gasteiger charge is 2.37. The molecule has 0 aromatic carbocycles. The lowest BCUT2D eigenvalue weighted by molar-refractivity contribution is 0.337. The third-order valence-corrected chi connectivity index (χ3v) is 4.91. The minimum atomic E-state index is -3.69. The van der Waals surface area contributed by atoms with Crippen molar-refractivity contribution in [2.45, 2.75) is 42.7 Å². The maximum atomic E-state index is 12.2. The number of sulfonamides is 1. The summed E-state index contributed by atoms with van der Waals surface area (Å²) >= 11 is 0.